The smallest absolute Gasteiger partial charge is 0.251 e. The van der Waals surface area contributed by atoms with E-state index in [1.807, 2.05) is 0 Å². The van der Waals surface area contributed by atoms with Crippen LogP contribution in [0, 0.1) is 12.7 Å². The number of morpholine rings is 1. The number of nitrogens with one attached hydrogen (secondary N) is 1. The van der Waals surface area contributed by atoms with Gasteiger partial charge in [0.25, 0.3) is 5.56 Å². The Hall–Kier alpha value is -2.54. The molecule has 1 aromatic carbocycles. The maximum atomic E-state index is 14.3. The van der Waals surface area contributed by atoms with Gasteiger partial charge in [0.2, 0.25) is 5.91 Å². The Labute approximate surface area is 150 Å². The Morgan fingerprint density at radius 2 is 2.15 bits per heavy atom. The maximum absolute atomic E-state index is 14.3. The predicted octanol–water partition coefficient (Wildman–Crippen LogP) is 1.85. The van der Waals surface area contributed by atoms with Gasteiger partial charge < -0.3 is 14.6 Å². The summed E-state index contributed by atoms with van der Waals surface area (Å²) in [6.45, 7) is 2.78. The molecule has 2 heterocycles. The van der Waals surface area contributed by atoms with E-state index >= 15 is 0 Å². The van der Waals surface area contributed by atoms with Crippen LogP contribution in [0.1, 0.15) is 36.0 Å². The fraction of sp³-hybridized carbons (Fsp3) is 0.421. The molecule has 136 valence electrons. The number of aryl methyl sites for hydroxylation is 1. The number of nitrogens with zero attached hydrogens (tertiary/aromatic N) is 2. The number of ether oxygens (including phenoxy) is 1. The van der Waals surface area contributed by atoms with Crippen molar-refractivity contribution in [3.05, 3.63) is 63.6 Å². The molecule has 0 spiro atoms. The molecule has 1 atom stereocenters. The minimum Gasteiger partial charge on any atom is -0.377 e. The molecule has 2 aromatic rings. The Morgan fingerprint density at radius 3 is 2.85 bits per heavy atom. The number of carbonyl (C=O) groups is 1. The lowest BCUT2D eigenvalue weighted by Crippen LogP contribution is -2.48. The van der Waals surface area contributed by atoms with Gasteiger partial charge in [0.05, 0.1) is 30.4 Å². The van der Waals surface area contributed by atoms with Crippen molar-refractivity contribution in [2.75, 3.05) is 19.8 Å². The molecule has 0 bridgehead atoms. The number of rotatable bonds is 3. The summed E-state index contributed by atoms with van der Waals surface area (Å²) in [6.07, 6.45) is 1.25. The molecule has 1 aromatic heterocycles. The Morgan fingerprint density at radius 1 is 1.38 bits per heavy atom. The van der Waals surface area contributed by atoms with E-state index in [2.05, 4.69) is 9.97 Å². The van der Waals surface area contributed by atoms with Crippen molar-refractivity contribution in [1.82, 2.24) is 14.9 Å². The number of hydrogen-bond acceptors (Lipinski definition) is 4. The van der Waals surface area contributed by atoms with Crippen molar-refractivity contribution >= 4 is 5.91 Å². The minimum absolute atomic E-state index is 0.115. The van der Waals surface area contributed by atoms with Crippen LogP contribution >= 0.6 is 0 Å². The molecule has 1 saturated heterocycles. The molecule has 26 heavy (non-hydrogen) atoms. The van der Waals surface area contributed by atoms with Gasteiger partial charge in [-0.25, -0.2) is 9.37 Å². The summed E-state index contributed by atoms with van der Waals surface area (Å²) in [6, 6.07) is 7.41. The summed E-state index contributed by atoms with van der Waals surface area (Å²) in [5.74, 6) is 0.0182. The van der Waals surface area contributed by atoms with E-state index in [4.69, 9.17) is 4.74 Å². The predicted molar refractivity (Wildman–Crippen MR) is 92.2 cm³/mol. The highest BCUT2D eigenvalue weighted by atomic mass is 19.1. The zero-order valence-corrected chi connectivity index (χ0v) is 14.5. The maximum Gasteiger partial charge on any atom is 0.251 e. The second-order valence-corrected chi connectivity index (χ2v) is 6.91. The average Bonchev–Trinajstić information content (AvgIpc) is 3.42. The third-order valence-corrected chi connectivity index (χ3v) is 5.16. The molecule has 2 fully saturated rings. The second-order valence-electron chi connectivity index (χ2n) is 6.91. The number of H-pyrrole nitrogens is 1. The van der Waals surface area contributed by atoms with E-state index in [0.717, 1.165) is 0 Å². The molecule has 2 aliphatic rings. The van der Waals surface area contributed by atoms with Crippen molar-refractivity contribution in [1.29, 1.82) is 0 Å². The van der Waals surface area contributed by atoms with Crippen LogP contribution in [-0.4, -0.2) is 40.5 Å². The minimum atomic E-state index is -0.808. The molecule has 4 rings (SSSR count). The van der Waals surface area contributed by atoms with Crippen LogP contribution in [0.5, 0.6) is 0 Å². The fourth-order valence-corrected chi connectivity index (χ4v) is 3.71. The summed E-state index contributed by atoms with van der Waals surface area (Å²) in [4.78, 5) is 33.9. The van der Waals surface area contributed by atoms with E-state index in [-0.39, 0.29) is 23.9 Å². The van der Waals surface area contributed by atoms with Gasteiger partial charge in [-0.3, -0.25) is 9.59 Å². The van der Waals surface area contributed by atoms with Crippen molar-refractivity contribution < 1.29 is 13.9 Å². The summed E-state index contributed by atoms with van der Waals surface area (Å²) in [5.41, 5.74) is -0.119. The lowest BCUT2D eigenvalue weighted by atomic mass is 9.92. The van der Waals surface area contributed by atoms with E-state index in [0.29, 0.717) is 43.1 Å². The standard InChI is InChI=1S/C19H20FN3O3/c1-12-21-15(10-17(24)22-12)16-11-26-9-8-23(16)18(25)19(6-7-19)13-4-2-3-5-14(13)20/h2-5,10,16H,6-9,11H2,1H3,(H,21,22,24)/t16-/m1/s1. The number of aromatic amines is 1. The lowest BCUT2D eigenvalue weighted by molar-refractivity contribution is -0.143. The third-order valence-electron chi connectivity index (χ3n) is 5.16. The second kappa shape index (κ2) is 6.32. The Kier molecular flexibility index (Phi) is 4.11. The number of amides is 1. The van der Waals surface area contributed by atoms with E-state index in [9.17, 15) is 14.0 Å². The number of hydrogen-bond donors (Lipinski definition) is 1. The number of benzene rings is 1. The molecule has 0 unspecified atom stereocenters. The molecule has 1 amide bonds. The zero-order valence-electron chi connectivity index (χ0n) is 14.5. The topological polar surface area (TPSA) is 75.3 Å². The Bertz CT molecular complexity index is 907. The molecule has 1 N–H and O–H groups in total. The van der Waals surface area contributed by atoms with E-state index in [1.165, 1.54) is 12.1 Å². The van der Waals surface area contributed by atoms with Crippen molar-refractivity contribution in [3.8, 4) is 0 Å². The van der Waals surface area contributed by atoms with Gasteiger partial charge in [-0.1, -0.05) is 18.2 Å². The Balaban J connectivity index is 1.69. The molecule has 1 aliphatic carbocycles. The SMILES string of the molecule is Cc1nc([C@H]2COCCN2C(=O)C2(c3ccccc3F)CC2)cc(=O)[nH]1. The van der Waals surface area contributed by atoms with Crippen LogP contribution in [0.4, 0.5) is 4.39 Å². The summed E-state index contributed by atoms with van der Waals surface area (Å²) >= 11 is 0. The molecule has 6 nitrogen and oxygen atoms in total. The van der Waals surface area contributed by atoms with Gasteiger partial charge in [0, 0.05) is 18.2 Å². The average molecular weight is 357 g/mol. The number of halogens is 1. The highest BCUT2D eigenvalue weighted by molar-refractivity contribution is 5.91. The van der Waals surface area contributed by atoms with Gasteiger partial charge in [-0.05, 0) is 25.8 Å². The summed E-state index contributed by atoms with van der Waals surface area (Å²) in [5, 5.41) is 0. The largest absolute Gasteiger partial charge is 0.377 e. The van der Waals surface area contributed by atoms with Gasteiger partial charge >= 0.3 is 0 Å². The van der Waals surface area contributed by atoms with E-state index < -0.39 is 11.5 Å². The summed E-state index contributed by atoms with van der Waals surface area (Å²) < 4.78 is 19.9. The van der Waals surface area contributed by atoms with Crippen LogP contribution in [0.2, 0.25) is 0 Å². The quantitative estimate of drug-likeness (QED) is 0.910. The highest BCUT2D eigenvalue weighted by Gasteiger charge is 2.55. The molecule has 1 saturated carbocycles. The monoisotopic (exact) mass is 357 g/mol. The van der Waals surface area contributed by atoms with Crippen molar-refractivity contribution in [2.45, 2.75) is 31.2 Å². The first-order valence-electron chi connectivity index (χ1n) is 8.73. The van der Waals surface area contributed by atoms with Crippen LogP contribution in [0.25, 0.3) is 0 Å². The van der Waals surface area contributed by atoms with Gasteiger partial charge in [0.1, 0.15) is 11.6 Å². The van der Waals surface area contributed by atoms with Crippen LogP contribution in [0.15, 0.2) is 35.1 Å². The first kappa shape index (κ1) is 16.9. The molecule has 7 heteroatoms. The van der Waals surface area contributed by atoms with Crippen molar-refractivity contribution in [3.63, 3.8) is 0 Å². The first-order chi connectivity index (χ1) is 12.5. The van der Waals surface area contributed by atoms with E-state index in [1.54, 1.807) is 30.0 Å². The number of aromatic nitrogens is 2. The highest BCUT2D eigenvalue weighted by Crippen LogP contribution is 2.51. The lowest BCUT2D eigenvalue weighted by Gasteiger charge is -2.37. The van der Waals surface area contributed by atoms with Crippen LogP contribution in [-0.2, 0) is 14.9 Å². The van der Waals surface area contributed by atoms with Gasteiger partial charge in [-0.2, -0.15) is 0 Å². The summed E-state index contributed by atoms with van der Waals surface area (Å²) in [7, 11) is 0. The molecular weight excluding hydrogens is 337 g/mol. The van der Waals surface area contributed by atoms with Crippen LogP contribution in [0.3, 0.4) is 0 Å². The zero-order chi connectivity index (χ0) is 18.3. The number of carbonyl (C=O) groups excluding carboxylic acids is 1. The molecule has 1 aliphatic heterocycles. The molecular formula is C19H20FN3O3. The van der Waals surface area contributed by atoms with Gasteiger partial charge in [-0.15, -0.1) is 0 Å². The van der Waals surface area contributed by atoms with Gasteiger partial charge in [0.15, 0.2) is 0 Å². The van der Waals surface area contributed by atoms with Crippen LogP contribution < -0.4 is 5.56 Å². The normalized spacial score (nSPS) is 21.5. The first-order valence-corrected chi connectivity index (χ1v) is 8.73. The third kappa shape index (κ3) is 2.82. The van der Waals surface area contributed by atoms with Crippen molar-refractivity contribution in [2.24, 2.45) is 0 Å². The molecule has 0 radical (unpaired) electrons. The fourth-order valence-electron chi connectivity index (χ4n) is 3.71.